The molecule has 144 valence electrons. The number of benzene rings is 2. The number of rotatable bonds is 6. The number of hydrogen-bond acceptors (Lipinski definition) is 4. The van der Waals surface area contributed by atoms with Crippen molar-refractivity contribution in [2.24, 2.45) is 5.10 Å². The van der Waals surface area contributed by atoms with Gasteiger partial charge in [0.25, 0.3) is 5.91 Å². The first-order valence-electron chi connectivity index (χ1n) is 8.62. The third kappa shape index (κ3) is 4.80. The van der Waals surface area contributed by atoms with E-state index >= 15 is 0 Å². The summed E-state index contributed by atoms with van der Waals surface area (Å²) in [5.41, 5.74) is 6.30. The second-order valence-corrected chi connectivity index (χ2v) is 7.13. The van der Waals surface area contributed by atoms with Crippen molar-refractivity contribution in [2.45, 2.75) is 13.8 Å². The lowest BCUT2D eigenvalue weighted by Gasteiger charge is -2.09. The molecule has 1 aromatic heterocycles. The number of nitrogens with one attached hydrogen (secondary N) is 1. The fourth-order valence-corrected chi connectivity index (χ4v) is 3.21. The summed E-state index contributed by atoms with van der Waals surface area (Å²) in [6.07, 6.45) is 1.61. The van der Waals surface area contributed by atoms with Crippen LogP contribution in [0, 0.1) is 13.8 Å². The van der Waals surface area contributed by atoms with E-state index in [1.165, 1.54) is 0 Å². The van der Waals surface area contributed by atoms with Gasteiger partial charge in [0, 0.05) is 27.1 Å². The summed E-state index contributed by atoms with van der Waals surface area (Å²) in [5, 5.41) is 13.5. The molecule has 0 saturated carbocycles. The van der Waals surface area contributed by atoms with Crippen molar-refractivity contribution in [2.75, 3.05) is 6.61 Å². The highest BCUT2D eigenvalue weighted by molar-refractivity contribution is 9.10. The van der Waals surface area contributed by atoms with E-state index in [0.717, 1.165) is 27.1 Å². The molecular weight excluding hydrogens is 422 g/mol. The molecule has 2 N–H and O–H groups in total. The van der Waals surface area contributed by atoms with Crippen LogP contribution in [0.2, 0.25) is 0 Å². The van der Waals surface area contributed by atoms with Crippen LogP contribution in [0.1, 0.15) is 17.0 Å². The quantitative estimate of drug-likeness (QED) is 0.446. The predicted octanol–water partition coefficient (Wildman–Crippen LogP) is 4.09. The van der Waals surface area contributed by atoms with Crippen molar-refractivity contribution < 1.29 is 14.6 Å². The smallest absolute Gasteiger partial charge is 0.277 e. The molecule has 0 radical (unpaired) electrons. The number of aromatic hydroxyl groups is 1. The maximum Gasteiger partial charge on any atom is 0.277 e. The predicted molar refractivity (Wildman–Crippen MR) is 112 cm³/mol. The molecule has 6 nitrogen and oxygen atoms in total. The summed E-state index contributed by atoms with van der Waals surface area (Å²) >= 11 is 3.35. The van der Waals surface area contributed by atoms with Gasteiger partial charge in [0.15, 0.2) is 6.61 Å². The van der Waals surface area contributed by atoms with E-state index in [0.29, 0.717) is 5.75 Å². The molecule has 0 saturated heterocycles. The Hall–Kier alpha value is -3.06. The number of carbonyl (C=O) groups is 1. The monoisotopic (exact) mass is 441 g/mol. The van der Waals surface area contributed by atoms with Gasteiger partial charge in [0.1, 0.15) is 11.5 Å². The van der Waals surface area contributed by atoms with Gasteiger partial charge in [-0.05, 0) is 62.4 Å². The number of phenolic OH excluding ortho intramolecular Hbond substituents is 1. The van der Waals surface area contributed by atoms with Crippen LogP contribution in [0.3, 0.4) is 0 Å². The standard InChI is InChI=1S/C21H20BrN3O3/c1-14-10-16(15(2)25(14)18-6-8-19(26)9-7-18)12-23-24-21(27)13-28-20-5-3-4-17(22)11-20/h3-12,26H,13H2,1-2H3,(H,24,27)/b23-12+. The van der Waals surface area contributed by atoms with Crippen molar-refractivity contribution >= 4 is 28.1 Å². The highest BCUT2D eigenvalue weighted by Gasteiger charge is 2.09. The third-order valence-corrected chi connectivity index (χ3v) is 4.63. The zero-order valence-electron chi connectivity index (χ0n) is 15.5. The molecule has 0 aliphatic rings. The Morgan fingerprint density at radius 2 is 1.96 bits per heavy atom. The molecule has 2 aromatic carbocycles. The van der Waals surface area contributed by atoms with E-state index in [1.807, 2.05) is 44.2 Å². The fraction of sp³-hybridized carbons (Fsp3) is 0.143. The van der Waals surface area contributed by atoms with Crippen LogP contribution in [0.15, 0.2) is 64.2 Å². The summed E-state index contributed by atoms with van der Waals surface area (Å²) in [7, 11) is 0. The summed E-state index contributed by atoms with van der Waals surface area (Å²) in [4.78, 5) is 11.9. The molecule has 0 aliphatic heterocycles. The first kappa shape index (κ1) is 19.7. The van der Waals surface area contributed by atoms with Gasteiger partial charge in [-0.3, -0.25) is 4.79 Å². The lowest BCUT2D eigenvalue weighted by atomic mass is 10.2. The second-order valence-electron chi connectivity index (χ2n) is 6.22. The molecule has 0 atom stereocenters. The van der Waals surface area contributed by atoms with Crippen LogP contribution >= 0.6 is 15.9 Å². The highest BCUT2D eigenvalue weighted by atomic mass is 79.9. The lowest BCUT2D eigenvalue weighted by Crippen LogP contribution is -2.24. The largest absolute Gasteiger partial charge is 0.508 e. The molecule has 0 fully saturated rings. The number of phenols is 1. The van der Waals surface area contributed by atoms with Crippen LogP contribution in [0.5, 0.6) is 11.5 Å². The number of aryl methyl sites for hydroxylation is 1. The zero-order chi connectivity index (χ0) is 20.1. The number of aromatic nitrogens is 1. The number of halogens is 1. The second kappa shape index (κ2) is 8.75. The van der Waals surface area contributed by atoms with Crippen LogP contribution in [0.25, 0.3) is 5.69 Å². The minimum atomic E-state index is -0.344. The van der Waals surface area contributed by atoms with Gasteiger partial charge in [0.05, 0.1) is 6.21 Å². The SMILES string of the molecule is Cc1cc(/C=N/NC(=O)COc2cccc(Br)c2)c(C)n1-c1ccc(O)cc1. The molecule has 0 unspecified atom stereocenters. The van der Waals surface area contributed by atoms with Gasteiger partial charge < -0.3 is 14.4 Å². The molecule has 3 rings (SSSR count). The molecule has 0 spiro atoms. The van der Waals surface area contributed by atoms with Crippen LogP contribution in [-0.2, 0) is 4.79 Å². The zero-order valence-corrected chi connectivity index (χ0v) is 17.1. The molecule has 7 heteroatoms. The number of amides is 1. The first-order chi connectivity index (χ1) is 13.4. The average molecular weight is 442 g/mol. The number of ether oxygens (including phenoxy) is 1. The van der Waals surface area contributed by atoms with Crippen molar-refractivity contribution in [3.05, 3.63) is 76.0 Å². The van der Waals surface area contributed by atoms with Crippen LogP contribution < -0.4 is 10.2 Å². The maximum absolute atomic E-state index is 11.9. The first-order valence-corrected chi connectivity index (χ1v) is 9.42. The minimum Gasteiger partial charge on any atom is -0.508 e. The van der Waals surface area contributed by atoms with E-state index in [1.54, 1.807) is 30.5 Å². The molecule has 3 aromatic rings. The van der Waals surface area contributed by atoms with E-state index < -0.39 is 0 Å². The van der Waals surface area contributed by atoms with Gasteiger partial charge >= 0.3 is 0 Å². The van der Waals surface area contributed by atoms with Gasteiger partial charge in [-0.15, -0.1) is 0 Å². The molecule has 0 aliphatic carbocycles. The molecular formula is C21H20BrN3O3. The number of hydrogen-bond donors (Lipinski definition) is 2. The fourth-order valence-electron chi connectivity index (χ4n) is 2.83. The van der Waals surface area contributed by atoms with Crippen molar-refractivity contribution in [1.82, 2.24) is 9.99 Å². The van der Waals surface area contributed by atoms with E-state index in [4.69, 9.17) is 4.74 Å². The Labute approximate surface area is 171 Å². The summed E-state index contributed by atoms with van der Waals surface area (Å²) in [6, 6.07) is 16.2. The summed E-state index contributed by atoms with van der Waals surface area (Å²) < 4.78 is 8.36. The van der Waals surface area contributed by atoms with E-state index in [-0.39, 0.29) is 18.3 Å². The van der Waals surface area contributed by atoms with Gasteiger partial charge in [-0.2, -0.15) is 5.10 Å². The Bertz CT molecular complexity index is 1010. The molecule has 28 heavy (non-hydrogen) atoms. The summed E-state index contributed by atoms with van der Waals surface area (Å²) in [6.45, 7) is 3.83. The van der Waals surface area contributed by atoms with Crippen LogP contribution in [0.4, 0.5) is 0 Å². The Morgan fingerprint density at radius 3 is 2.68 bits per heavy atom. The summed E-state index contributed by atoms with van der Waals surface area (Å²) in [5.74, 6) is 0.482. The van der Waals surface area contributed by atoms with Crippen molar-refractivity contribution in [3.8, 4) is 17.2 Å². The number of carbonyl (C=O) groups excluding carboxylic acids is 1. The molecule has 0 bridgehead atoms. The van der Waals surface area contributed by atoms with Gasteiger partial charge in [-0.1, -0.05) is 22.0 Å². The minimum absolute atomic E-state index is 0.125. The average Bonchev–Trinajstić information content (AvgIpc) is 2.95. The van der Waals surface area contributed by atoms with Crippen molar-refractivity contribution in [1.29, 1.82) is 0 Å². The third-order valence-electron chi connectivity index (χ3n) is 4.14. The Kier molecular flexibility index (Phi) is 6.16. The molecule has 1 heterocycles. The Balaban J connectivity index is 1.62. The lowest BCUT2D eigenvalue weighted by molar-refractivity contribution is -0.123. The maximum atomic E-state index is 11.9. The van der Waals surface area contributed by atoms with Gasteiger partial charge in [0.2, 0.25) is 0 Å². The number of hydrazone groups is 1. The topological polar surface area (TPSA) is 75.8 Å². The van der Waals surface area contributed by atoms with Gasteiger partial charge in [-0.25, -0.2) is 5.43 Å². The Morgan fingerprint density at radius 1 is 1.21 bits per heavy atom. The molecule has 1 amide bonds. The van der Waals surface area contributed by atoms with Crippen molar-refractivity contribution in [3.63, 3.8) is 0 Å². The number of nitrogens with zero attached hydrogens (tertiary/aromatic N) is 2. The van der Waals surface area contributed by atoms with E-state index in [9.17, 15) is 9.90 Å². The van der Waals surface area contributed by atoms with Crippen LogP contribution in [-0.4, -0.2) is 28.4 Å². The highest BCUT2D eigenvalue weighted by Crippen LogP contribution is 2.21. The van der Waals surface area contributed by atoms with E-state index in [2.05, 4.69) is 31.0 Å². The normalized spacial score (nSPS) is 11.0.